The first-order valence-electron chi connectivity index (χ1n) is 13.5. The lowest BCUT2D eigenvalue weighted by molar-refractivity contribution is -0.132. The third-order valence-electron chi connectivity index (χ3n) is 7.42. The van der Waals surface area contributed by atoms with Crippen molar-refractivity contribution < 1.29 is 27.5 Å². The number of hydrogen-bond acceptors (Lipinski definition) is 8. The van der Waals surface area contributed by atoms with Crippen LogP contribution in [0.4, 0.5) is 11.4 Å². The largest absolute Gasteiger partial charge is 0.379 e. The fraction of sp³-hybridized carbons (Fsp3) is 0.393. The second kappa shape index (κ2) is 12.4. The highest BCUT2D eigenvalue weighted by molar-refractivity contribution is 7.89. The van der Waals surface area contributed by atoms with Crippen LogP contribution in [-0.2, 0) is 35.7 Å². The summed E-state index contributed by atoms with van der Waals surface area (Å²) in [6.07, 6.45) is 1.57. The van der Waals surface area contributed by atoms with E-state index in [0.717, 1.165) is 23.0 Å². The Bertz CT molecular complexity index is 1470. The summed E-state index contributed by atoms with van der Waals surface area (Å²) in [7, 11) is -2.65. The van der Waals surface area contributed by atoms with Crippen molar-refractivity contribution in [2.24, 2.45) is 0 Å². The van der Waals surface area contributed by atoms with Gasteiger partial charge >= 0.3 is 0 Å². The zero-order chi connectivity index (χ0) is 29.0. The molecule has 2 aromatic carbocycles. The lowest BCUT2D eigenvalue weighted by Crippen LogP contribution is -2.47. The van der Waals surface area contributed by atoms with E-state index < -0.39 is 10.0 Å². The van der Waals surface area contributed by atoms with Gasteiger partial charge in [0.1, 0.15) is 0 Å². The van der Waals surface area contributed by atoms with E-state index in [0.29, 0.717) is 48.8 Å². The number of carbonyl (C=O) groups is 3. The van der Waals surface area contributed by atoms with Crippen molar-refractivity contribution in [1.82, 2.24) is 19.4 Å². The molecule has 3 aliphatic rings. The molecule has 2 bridgehead atoms. The van der Waals surface area contributed by atoms with Crippen LogP contribution in [0.15, 0.2) is 53.6 Å². The molecule has 41 heavy (non-hydrogen) atoms. The molecule has 0 radical (unpaired) electrons. The Morgan fingerprint density at radius 2 is 1.76 bits per heavy atom. The maximum Gasteiger partial charge on any atom is 0.257 e. The molecular formula is C28H34N6O6S. The Balaban J connectivity index is 1.45. The summed E-state index contributed by atoms with van der Waals surface area (Å²) in [6.45, 7) is 3.64. The van der Waals surface area contributed by atoms with Crippen molar-refractivity contribution in [2.75, 3.05) is 70.2 Å². The molecule has 2 aromatic rings. The van der Waals surface area contributed by atoms with Crippen molar-refractivity contribution in [3.8, 4) is 0 Å². The van der Waals surface area contributed by atoms with E-state index in [1.807, 2.05) is 6.07 Å². The first-order valence-corrected chi connectivity index (χ1v) is 15.0. The number of sulfonamides is 1. The summed E-state index contributed by atoms with van der Waals surface area (Å²) in [5.41, 5.74) is 2.87. The highest BCUT2D eigenvalue weighted by Crippen LogP contribution is 2.34. The average molecular weight is 583 g/mol. The second-order valence-electron chi connectivity index (χ2n) is 10.1. The number of ether oxygens (including phenoxy) is 1. The van der Waals surface area contributed by atoms with E-state index in [9.17, 15) is 22.8 Å². The first kappa shape index (κ1) is 28.7. The molecule has 3 amide bonds. The van der Waals surface area contributed by atoms with Crippen molar-refractivity contribution in [2.45, 2.75) is 17.9 Å². The van der Waals surface area contributed by atoms with Gasteiger partial charge in [0.2, 0.25) is 21.8 Å². The molecule has 1 saturated heterocycles. The zero-order valence-electron chi connectivity index (χ0n) is 22.9. The predicted octanol–water partition coefficient (Wildman–Crippen LogP) is 0.893. The number of benzene rings is 2. The van der Waals surface area contributed by atoms with Crippen LogP contribution in [0.2, 0.25) is 0 Å². The molecule has 0 aliphatic carbocycles. The standard InChI is InChI=1S/C28H34N6O6S/c1-32-19-26(36)34(11-10-33-12-14-40-15-13-33)9-8-25(35)30-17-20-4-2-7-24-27(20)23(28(37)31-24)18-29-21-5-3-6-22(16-21)41(32,38)39/h2-7,16,18,29H,8-15,17,19H2,1H3,(H,30,35)(H,31,37)/b23-18-. The fourth-order valence-electron chi connectivity index (χ4n) is 5.03. The second-order valence-corrected chi connectivity index (χ2v) is 12.2. The van der Waals surface area contributed by atoms with Gasteiger partial charge in [0.05, 0.1) is 30.2 Å². The molecule has 0 aromatic heterocycles. The van der Waals surface area contributed by atoms with Crippen molar-refractivity contribution in [3.63, 3.8) is 0 Å². The van der Waals surface area contributed by atoms with Crippen LogP contribution in [0, 0.1) is 0 Å². The summed E-state index contributed by atoms with van der Waals surface area (Å²) < 4.78 is 33.2. The third-order valence-corrected chi connectivity index (χ3v) is 9.22. The highest BCUT2D eigenvalue weighted by Gasteiger charge is 2.29. The number of carbonyl (C=O) groups excluding carboxylic acids is 3. The Kier molecular flexibility index (Phi) is 8.68. The lowest BCUT2D eigenvalue weighted by Gasteiger charge is -2.31. The van der Waals surface area contributed by atoms with Gasteiger partial charge in [-0.05, 0) is 29.8 Å². The highest BCUT2D eigenvalue weighted by atomic mass is 32.2. The third kappa shape index (κ3) is 6.59. The summed E-state index contributed by atoms with van der Waals surface area (Å²) in [4.78, 5) is 42.8. The van der Waals surface area contributed by atoms with Crippen LogP contribution in [-0.4, -0.2) is 99.8 Å². The van der Waals surface area contributed by atoms with Gasteiger partial charge in [-0.2, -0.15) is 4.31 Å². The molecule has 12 nitrogen and oxygen atoms in total. The molecule has 5 rings (SSSR count). The number of nitrogens with one attached hydrogen (secondary N) is 3. The minimum absolute atomic E-state index is 0.00789. The number of rotatable bonds is 3. The van der Waals surface area contributed by atoms with E-state index in [4.69, 9.17) is 4.74 Å². The summed E-state index contributed by atoms with van der Waals surface area (Å²) in [5, 5.41) is 8.78. The monoisotopic (exact) mass is 582 g/mol. The maximum absolute atomic E-state index is 13.4. The molecule has 0 spiro atoms. The van der Waals surface area contributed by atoms with Gasteiger partial charge in [0.15, 0.2) is 0 Å². The number of amides is 3. The van der Waals surface area contributed by atoms with Gasteiger partial charge in [-0.3, -0.25) is 19.3 Å². The van der Waals surface area contributed by atoms with E-state index in [-0.39, 0.29) is 48.7 Å². The average Bonchev–Trinajstić information content (AvgIpc) is 3.30. The minimum Gasteiger partial charge on any atom is -0.379 e. The lowest BCUT2D eigenvalue weighted by atomic mass is 10.0. The van der Waals surface area contributed by atoms with Gasteiger partial charge in [-0.15, -0.1) is 0 Å². The minimum atomic E-state index is -4.01. The van der Waals surface area contributed by atoms with Crippen molar-refractivity contribution >= 4 is 44.7 Å². The number of anilines is 2. The molecule has 3 N–H and O–H groups in total. The molecular weight excluding hydrogens is 548 g/mol. The smallest absolute Gasteiger partial charge is 0.257 e. The fourth-order valence-corrected chi connectivity index (χ4v) is 6.20. The van der Waals surface area contributed by atoms with E-state index in [1.54, 1.807) is 29.2 Å². The number of fused-ring (bicyclic) bond motifs is 2. The molecule has 218 valence electrons. The predicted molar refractivity (Wildman–Crippen MR) is 153 cm³/mol. The summed E-state index contributed by atoms with van der Waals surface area (Å²) in [6, 6.07) is 11.6. The van der Waals surface area contributed by atoms with Crippen LogP contribution in [0.1, 0.15) is 17.5 Å². The van der Waals surface area contributed by atoms with Gasteiger partial charge in [0.25, 0.3) is 5.91 Å². The maximum atomic E-state index is 13.4. The van der Waals surface area contributed by atoms with Crippen LogP contribution in [0.3, 0.4) is 0 Å². The Morgan fingerprint density at radius 3 is 2.56 bits per heavy atom. The van der Waals surface area contributed by atoms with E-state index in [2.05, 4.69) is 20.9 Å². The zero-order valence-corrected chi connectivity index (χ0v) is 23.7. The van der Waals surface area contributed by atoms with Crippen molar-refractivity contribution in [1.29, 1.82) is 0 Å². The van der Waals surface area contributed by atoms with Crippen LogP contribution in [0.5, 0.6) is 0 Å². The molecule has 0 saturated carbocycles. The normalized spacial score (nSPS) is 21.9. The molecule has 0 unspecified atom stereocenters. The van der Waals surface area contributed by atoms with Gasteiger partial charge < -0.3 is 25.6 Å². The number of morpholine rings is 1. The first-order chi connectivity index (χ1) is 19.7. The quantitative estimate of drug-likeness (QED) is 0.485. The van der Waals surface area contributed by atoms with Gasteiger partial charge in [0, 0.05) is 75.9 Å². The summed E-state index contributed by atoms with van der Waals surface area (Å²) in [5.74, 6) is -0.950. The van der Waals surface area contributed by atoms with E-state index >= 15 is 0 Å². The number of likely N-dealkylation sites (N-methyl/N-ethyl adjacent to an activating group) is 1. The SMILES string of the molecule is CN1CC(=O)N(CCN2CCOCC2)CCC(=O)NCc2cccc3c2/C(=C/Nc2cccc(c2)S1(=O)=O)C(=O)N3. The van der Waals surface area contributed by atoms with Gasteiger partial charge in [-0.1, -0.05) is 18.2 Å². The molecule has 3 aliphatic heterocycles. The Labute approximate surface area is 239 Å². The molecule has 1 fully saturated rings. The van der Waals surface area contributed by atoms with Crippen LogP contribution >= 0.6 is 0 Å². The topological polar surface area (TPSA) is 140 Å². The number of nitrogens with zero attached hydrogens (tertiary/aromatic N) is 3. The molecule has 3 heterocycles. The van der Waals surface area contributed by atoms with Gasteiger partial charge in [-0.25, -0.2) is 8.42 Å². The van der Waals surface area contributed by atoms with Crippen molar-refractivity contribution in [3.05, 3.63) is 59.8 Å². The summed E-state index contributed by atoms with van der Waals surface area (Å²) >= 11 is 0. The van der Waals surface area contributed by atoms with Crippen LogP contribution in [0.25, 0.3) is 5.57 Å². The Morgan fingerprint density at radius 1 is 0.976 bits per heavy atom. The Hall–Kier alpha value is -3.78. The van der Waals surface area contributed by atoms with E-state index in [1.165, 1.54) is 25.4 Å². The molecule has 0 atom stereocenters. The molecule has 13 heteroatoms. The number of hydrogen-bond donors (Lipinski definition) is 3. The van der Waals surface area contributed by atoms with Crippen LogP contribution < -0.4 is 16.0 Å².